The van der Waals surface area contributed by atoms with Crippen molar-refractivity contribution < 1.29 is 15.4 Å². The van der Waals surface area contributed by atoms with E-state index < -0.39 is 0 Å². The minimum Gasteiger partial charge on any atom is -0.411 e. The van der Waals surface area contributed by atoms with Crippen molar-refractivity contribution in [3.05, 3.63) is 4.91 Å². The van der Waals surface area contributed by atoms with Gasteiger partial charge in [-0.05, 0) is 26.2 Å². The van der Waals surface area contributed by atoms with Gasteiger partial charge >= 0.3 is 0 Å². The summed E-state index contributed by atoms with van der Waals surface area (Å²) in [6.45, 7) is 2.22. The lowest BCUT2D eigenvalue weighted by molar-refractivity contribution is -0.618. The van der Waals surface area contributed by atoms with Crippen molar-refractivity contribution in [2.75, 3.05) is 6.54 Å². The van der Waals surface area contributed by atoms with Gasteiger partial charge in [0.2, 0.25) is 4.98 Å². The minimum absolute atomic E-state index is 0.202. The molecule has 8 nitrogen and oxygen atoms in total. The number of nitrogens with two attached hydrogens (primary N) is 1. The van der Waals surface area contributed by atoms with Gasteiger partial charge in [0, 0.05) is 6.42 Å². The highest BCUT2D eigenvalue weighted by molar-refractivity contribution is 6.02. The summed E-state index contributed by atoms with van der Waals surface area (Å²) in [6, 6.07) is 0. The standard InChI is InChI=1S/C10H21N5O3/c1-9(13-16)8-10(14-17)6-4-2-3-5-7-12-15(11)18/h2-8H2,1H3,(H4-,11,12,16,17,18)/p+1. The Hall–Kier alpha value is -1.86. The Labute approximate surface area is 106 Å². The van der Waals surface area contributed by atoms with Gasteiger partial charge in [-0.2, -0.15) is 0 Å². The predicted molar refractivity (Wildman–Crippen MR) is 67.6 cm³/mol. The highest BCUT2D eigenvalue weighted by Gasteiger charge is 2.03. The molecule has 0 aromatic rings. The van der Waals surface area contributed by atoms with Gasteiger partial charge in [-0.1, -0.05) is 23.2 Å². The van der Waals surface area contributed by atoms with E-state index in [-0.39, 0.29) is 4.98 Å². The molecule has 5 N–H and O–H groups in total. The summed E-state index contributed by atoms with van der Waals surface area (Å²) >= 11 is 0. The Kier molecular flexibility index (Phi) is 9.24. The van der Waals surface area contributed by atoms with Crippen LogP contribution in [0.5, 0.6) is 0 Å². The highest BCUT2D eigenvalue weighted by Crippen LogP contribution is 2.06. The van der Waals surface area contributed by atoms with Crippen molar-refractivity contribution in [3.8, 4) is 0 Å². The summed E-state index contributed by atoms with van der Waals surface area (Å²) in [5.41, 5.74) is 3.56. The predicted octanol–water partition coefficient (Wildman–Crippen LogP) is 1.16. The number of hydrogen-bond acceptors (Lipinski definition) is 5. The fraction of sp³-hybridized carbons (Fsp3) is 0.800. The average Bonchev–Trinajstić information content (AvgIpc) is 2.35. The van der Waals surface area contributed by atoms with Crippen LogP contribution in [0, 0.1) is 4.91 Å². The molecular weight excluding hydrogens is 238 g/mol. The molecule has 0 bridgehead atoms. The number of rotatable bonds is 10. The van der Waals surface area contributed by atoms with Gasteiger partial charge in [-0.15, -0.1) is 11.3 Å². The van der Waals surface area contributed by atoms with Gasteiger partial charge in [0.05, 0.1) is 22.9 Å². The summed E-state index contributed by atoms with van der Waals surface area (Å²) in [4.78, 5) is 10.5. The van der Waals surface area contributed by atoms with Crippen LogP contribution < -0.4 is 11.3 Å². The number of hydrogen-bond donors (Lipinski definition) is 4. The van der Waals surface area contributed by atoms with Crippen LogP contribution in [0.1, 0.15) is 45.4 Å². The number of nitroso groups, excluding NO2 is 1. The molecule has 0 saturated carbocycles. The van der Waals surface area contributed by atoms with Crippen LogP contribution in [0.25, 0.3) is 0 Å². The van der Waals surface area contributed by atoms with Gasteiger partial charge in [-0.3, -0.25) is 0 Å². The zero-order valence-electron chi connectivity index (χ0n) is 10.7. The topological polar surface area (TPSA) is 123 Å². The maximum Gasteiger partial charge on any atom is 0.243 e. The fourth-order valence-corrected chi connectivity index (χ4v) is 1.50. The van der Waals surface area contributed by atoms with Crippen molar-refractivity contribution in [3.63, 3.8) is 0 Å². The summed E-state index contributed by atoms with van der Waals surface area (Å²) < 4.78 is 0. The van der Waals surface area contributed by atoms with E-state index in [1.807, 2.05) is 0 Å². The van der Waals surface area contributed by atoms with E-state index in [1.165, 1.54) is 0 Å². The third-order valence-electron chi connectivity index (χ3n) is 2.43. The molecule has 0 aliphatic carbocycles. The first kappa shape index (κ1) is 16.1. The molecule has 0 amide bonds. The van der Waals surface area contributed by atoms with Gasteiger partial charge in [0.15, 0.2) is 0 Å². The summed E-state index contributed by atoms with van der Waals surface area (Å²) in [5, 5.41) is 23.5. The fourth-order valence-electron chi connectivity index (χ4n) is 1.50. The Bertz CT molecular complexity index is 304. The molecule has 0 rings (SSSR count). The van der Waals surface area contributed by atoms with E-state index in [2.05, 4.69) is 15.7 Å². The lowest BCUT2D eigenvalue weighted by Gasteiger charge is -2.03. The molecule has 0 atom stereocenters. The smallest absolute Gasteiger partial charge is 0.243 e. The van der Waals surface area contributed by atoms with Crippen LogP contribution >= 0.6 is 0 Å². The van der Waals surface area contributed by atoms with E-state index in [0.29, 0.717) is 30.8 Å². The first-order valence-corrected chi connectivity index (χ1v) is 5.93. The molecule has 0 radical (unpaired) electrons. The monoisotopic (exact) mass is 260 g/mol. The van der Waals surface area contributed by atoms with Crippen molar-refractivity contribution in [1.82, 2.24) is 5.43 Å². The number of hydrazine groups is 2. The third-order valence-corrected chi connectivity index (χ3v) is 2.43. The number of oxime groups is 2. The third kappa shape index (κ3) is 9.37. The van der Waals surface area contributed by atoms with E-state index in [0.717, 1.165) is 25.7 Å². The van der Waals surface area contributed by atoms with Crippen molar-refractivity contribution in [1.29, 1.82) is 0 Å². The summed E-state index contributed by atoms with van der Waals surface area (Å²) in [6.07, 6.45) is 4.74. The molecule has 0 aliphatic heterocycles. The first-order chi connectivity index (χ1) is 8.60. The van der Waals surface area contributed by atoms with Crippen molar-refractivity contribution in [2.45, 2.75) is 45.4 Å². The second-order valence-corrected chi connectivity index (χ2v) is 4.08. The lowest BCUT2D eigenvalue weighted by atomic mass is 10.1. The van der Waals surface area contributed by atoms with Crippen LogP contribution in [0.4, 0.5) is 0 Å². The Balaban J connectivity index is 3.55. The van der Waals surface area contributed by atoms with E-state index >= 15 is 0 Å². The van der Waals surface area contributed by atoms with Gasteiger partial charge < -0.3 is 10.4 Å². The molecule has 8 heteroatoms. The molecule has 0 aromatic carbocycles. The van der Waals surface area contributed by atoms with Crippen molar-refractivity contribution in [2.24, 2.45) is 16.2 Å². The van der Waals surface area contributed by atoms with Crippen LogP contribution in [0.2, 0.25) is 0 Å². The quantitative estimate of drug-likeness (QED) is 0.117. The van der Waals surface area contributed by atoms with Gasteiger partial charge in [0.1, 0.15) is 0 Å². The first-order valence-electron chi connectivity index (χ1n) is 5.93. The average molecular weight is 260 g/mol. The Morgan fingerprint density at radius 1 is 1.22 bits per heavy atom. The van der Waals surface area contributed by atoms with Crippen LogP contribution in [0.3, 0.4) is 0 Å². The van der Waals surface area contributed by atoms with Crippen LogP contribution in [-0.4, -0.2) is 33.4 Å². The second kappa shape index (κ2) is 10.3. The number of nitrogens with one attached hydrogen (secondary N) is 1. The van der Waals surface area contributed by atoms with Gasteiger partial charge in [0.25, 0.3) is 0 Å². The van der Waals surface area contributed by atoms with Gasteiger partial charge in [-0.25, -0.2) is 0 Å². The zero-order chi connectivity index (χ0) is 13.8. The molecule has 0 fully saturated rings. The lowest BCUT2D eigenvalue weighted by Crippen LogP contribution is -2.32. The molecule has 0 spiro atoms. The summed E-state index contributed by atoms with van der Waals surface area (Å²) in [5.74, 6) is 4.84. The maximum atomic E-state index is 10.3. The molecule has 18 heavy (non-hydrogen) atoms. The second-order valence-electron chi connectivity index (χ2n) is 4.08. The highest BCUT2D eigenvalue weighted by atomic mass is 16.4. The van der Waals surface area contributed by atoms with Crippen LogP contribution in [-0.2, 0) is 0 Å². The Morgan fingerprint density at radius 3 is 2.44 bits per heavy atom. The molecule has 0 aromatic heterocycles. The van der Waals surface area contributed by atoms with E-state index in [9.17, 15) is 4.91 Å². The van der Waals surface area contributed by atoms with E-state index in [1.54, 1.807) is 6.92 Å². The van der Waals surface area contributed by atoms with E-state index in [4.69, 9.17) is 16.3 Å². The zero-order valence-corrected chi connectivity index (χ0v) is 10.7. The minimum atomic E-state index is 0.202. The SMILES string of the molecule is CC(CC(CCCCCCN[N+](N)=O)=NO)=NO. The molecular formula is C10H22N5O3+. The molecule has 104 valence electrons. The number of unbranched alkanes of at least 4 members (excludes halogenated alkanes) is 3. The largest absolute Gasteiger partial charge is 0.411 e. The number of nitrogens with zero attached hydrogens (tertiary/aromatic N) is 3. The molecule has 0 aliphatic rings. The van der Waals surface area contributed by atoms with Crippen LogP contribution in [0.15, 0.2) is 10.3 Å². The summed E-state index contributed by atoms with van der Waals surface area (Å²) in [7, 11) is 0. The maximum absolute atomic E-state index is 10.3. The Morgan fingerprint density at radius 2 is 1.89 bits per heavy atom. The molecule has 0 saturated heterocycles. The molecule has 0 heterocycles. The van der Waals surface area contributed by atoms with Crippen molar-refractivity contribution >= 4 is 11.4 Å². The normalized spacial score (nSPS) is 12.5. The molecule has 0 unspecified atom stereocenters.